The first-order valence-corrected chi connectivity index (χ1v) is 10.2. The lowest BCUT2D eigenvalue weighted by Gasteiger charge is -2.17. The quantitative estimate of drug-likeness (QED) is 0.403. The van der Waals surface area contributed by atoms with Crippen LogP contribution in [0.3, 0.4) is 0 Å². The molecule has 0 bridgehead atoms. The van der Waals surface area contributed by atoms with E-state index >= 15 is 0 Å². The van der Waals surface area contributed by atoms with Crippen LogP contribution in [-0.4, -0.2) is 26.4 Å². The Kier molecular flexibility index (Phi) is 6.95. The second-order valence-electron chi connectivity index (χ2n) is 6.05. The number of hydrogen-bond acceptors (Lipinski definition) is 5. The van der Waals surface area contributed by atoms with Crippen LogP contribution in [-0.2, 0) is 11.3 Å². The molecule has 28 heavy (non-hydrogen) atoms. The molecule has 0 spiro atoms. The lowest BCUT2D eigenvalue weighted by Crippen LogP contribution is -2.29. The van der Waals surface area contributed by atoms with Crippen molar-refractivity contribution in [1.82, 2.24) is 20.1 Å². The number of nitrogens with one attached hydrogen (secondary N) is 1. The lowest BCUT2D eigenvalue weighted by atomic mass is 10.0. The van der Waals surface area contributed by atoms with Gasteiger partial charge in [-0.05, 0) is 36.2 Å². The van der Waals surface area contributed by atoms with Gasteiger partial charge in [0, 0.05) is 11.6 Å². The Morgan fingerprint density at radius 2 is 2.14 bits per heavy atom. The third-order valence-corrected chi connectivity index (χ3v) is 5.34. The van der Waals surface area contributed by atoms with Gasteiger partial charge in [-0.2, -0.15) is 0 Å². The molecule has 0 radical (unpaired) electrons. The Hall–Kier alpha value is -2.51. The molecule has 0 saturated carbocycles. The summed E-state index contributed by atoms with van der Waals surface area (Å²) < 4.78 is 7.29. The first kappa shape index (κ1) is 20.2. The molecule has 0 fully saturated rings. The molecule has 3 rings (SSSR count). The minimum atomic E-state index is -0.0699. The Morgan fingerprint density at radius 1 is 1.36 bits per heavy atom. The molecule has 3 aromatic rings. The molecule has 2 aromatic heterocycles. The van der Waals surface area contributed by atoms with Crippen LogP contribution in [0.2, 0.25) is 5.02 Å². The first-order chi connectivity index (χ1) is 13.6. The van der Waals surface area contributed by atoms with Crippen LogP contribution >= 0.6 is 23.4 Å². The zero-order valence-electron chi connectivity index (χ0n) is 15.5. The average Bonchev–Trinajstić information content (AvgIpc) is 3.35. The number of thioether (sulfide) groups is 1. The van der Waals surface area contributed by atoms with Crippen LogP contribution in [0.25, 0.3) is 11.6 Å². The maximum absolute atomic E-state index is 12.5. The minimum absolute atomic E-state index is 0.0601. The van der Waals surface area contributed by atoms with E-state index in [1.807, 2.05) is 41.8 Å². The number of amides is 1. The Labute approximate surface area is 173 Å². The van der Waals surface area contributed by atoms with E-state index in [9.17, 15) is 4.79 Å². The number of furan rings is 1. The van der Waals surface area contributed by atoms with Gasteiger partial charge in [0.1, 0.15) is 0 Å². The van der Waals surface area contributed by atoms with E-state index in [1.54, 1.807) is 18.4 Å². The van der Waals surface area contributed by atoms with E-state index in [0.717, 1.165) is 12.0 Å². The molecular formula is C20H21ClN4O2S. The van der Waals surface area contributed by atoms with Crippen molar-refractivity contribution in [3.8, 4) is 11.6 Å². The van der Waals surface area contributed by atoms with E-state index in [0.29, 0.717) is 28.3 Å². The fraction of sp³-hybridized carbons (Fsp3) is 0.250. The predicted octanol–water partition coefficient (Wildman–Crippen LogP) is 4.74. The van der Waals surface area contributed by atoms with E-state index < -0.39 is 0 Å². The van der Waals surface area contributed by atoms with Crippen molar-refractivity contribution in [1.29, 1.82) is 0 Å². The molecule has 146 valence electrons. The summed E-state index contributed by atoms with van der Waals surface area (Å²) >= 11 is 7.27. The molecule has 1 aromatic carbocycles. The standard InChI is InChI=1S/C20H21ClN4O2S/c1-3-11-25-19(17-6-5-12-27-17)23-24-20(25)28-13-18(26)22-16(4-2)14-7-9-15(21)10-8-14/h3,5-10,12,16H,1,4,11,13H2,2H3,(H,22,26). The summed E-state index contributed by atoms with van der Waals surface area (Å²) in [5.41, 5.74) is 1.03. The van der Waals surface area contributed by atoms with Crippen molar-refractivity contribution in [2.75, 3.05) is 5.75 Å². The molecule has 8 heteroatoms. The summed E-state index contributed by atoms with van der Waals surface area (Å²) in [5.74, 6) is 1.40. The zero-order valence-corrected chi connectivity index (χ0v) is 17.0. The second kappa shape index (κ2) is 9.61. The number of rotatable bonds is 9. The molecule has 0 aliphatic rings. The van der Waals surface area contributed by atoms with Gasteiger partial charge in [0.2, 0.25) is 11.7 Å². The summed E-state index contributed by atoms with van der Waals surface area (Å²) in [6, 6.07) is 11.1. The fourth-order valence-corrected chi connectivity index (χ4v) is 3.64. The highest BCUT2D eigenvalue weighted by Crippen LogP contribution is 2.25. The molecule has 1 atom stereocenters. The van der Waals surface area contributed by atoms with Gasteiger partial charge >= 0.3 is 0 Å². The summed E-state index contributed by atoms with van der Waals surface area (Å²) in [4.78, 5) is 12.5. The van der Waals surface area contributed by atoms with Gasteiger partial charge in [0.05, 0.1) is 18.1 Å². The van der Waals surface area contributed by atoms with Crippen molar-refractivity contribution < 1.29 is 9.21 Å². The number of hydrogen-bond donors (Lipinski definition) is 1. The van der Waals surface area contributed by atoms with Crippen molar-refractivity contribution in [2.45, 2.75) is 31.1 Å². The molecular weight excluding hydrogens is 396 g/mol. The lowest BCUT2D eigenvalue weighted by molar-refractivity contribution is -0.119. The van der Waals surface area contributed by atoms with Gasteiger partial charge in [-0.3, -0.25) is 9.36 Å². The number of carbonyl (C=O) groups excluding carboxylic acids is 1. The van der Waals surface area contributed by atoms with Crippen molar-refractivity contribution in [2.24, 2.45) is 0 Å². The Bertz CT molecular complexity index is 922. The predicted molar refractivity (Wildman–Crippen MR) is 111 cm³/mol. The van der Waals surface area contributed by atoms with Crippen LogP contribution in [0, 0.1) is 0 Å². The number of carbonyl (C=O) groups is 1. The average molecular weight is 417 g/mol. The highest BCUT2D eigenvalue weighted by atomic mass is 35.5. The summed E-state index contributed by atoms with van der Waals surface area (Å²) in [7, 11) is 0. The molecule has 2 heterocycles. The number of nitrogens with zero attached hydrogens (tertiary/aromatic N) is 3. The SMILES string of the molecule is C=CCn1c(SCC(=O)NC(CC)c2ccc(Cl)cc2)nnc1-c1ccco1. The number of halogens is 1. The van der Waals surface area contributed by atoms with Crippen LogP contribution in [0.5, 0.6) is 0 Å². The smallest absolute Gasteiger partial charge is 0.230 e. The molecule has 0 saturated heterocycles. The Balaban J connectivity index is 1.65. The third-order valence-electron chi connectivity index (χ3n) is 4.12. The summed E-state index contributed by atoms with van der Waals surface area (Å²) in [5, 5.41) is 12.8. The topological polar surface area (TPSA) is 73.0 Å². The van der Waals surface area contributed by atoms with Gasteiger partial charge in [0.15, 0.2) is 10.9 Å². The fourth-order valence-electron chi connectivity index (χ4n) is 2.76. The monoisotopic (exact) mass is 416 g/mol. The molecule has 1 amide bonds. The van der Waals surface area contributed by atoms with Crippen molar-refractivity contribution in [3.05, 3.63) is 65.9 Å². The van der Waals surface area contributed by atoms with E-state index in [2.05, 4.69) is 22.1 Å². The van der Waals surface area contributed by atoms with E-state index in [1.165, 1.54) is 11.8 Å². The van der Waals surface area contributed by atoms with E-state index in [-0.39, 0.29) is 17.7 Å². The third kappa shape index (κ3) is 4.85. The molecule has 1 unspecified atom stereocenters. The molecule has 0 aliphatic heterocycles. The van der Waals surface area contributed by atoms with Crippen LogP contribution < -0.4 is 5.32 Å². The molecule has 6 nitrogen and oxygen atoms in total. The van der Waals surface area contributed by atoms with Gasteiger partial charge in [0.25, 0.3) is 0 Å². The summed E-state index contributed by atoms with van der Waals surface area (Å²) in [6.45, 7) is 6.33. The number of benzene rings is 1. The molecule has 1 N–H and O–H groups in total. The van der Waals surface area contributed by atoms with Crippen LogP contribution in [0.15, 0.2) is 64.9 Å². The van der Waals surface area contributed by atoms with Gasteiger partial charge in [-0.1, -0.05) is 48.5 Å². The van der Waals surface area contributed by atoms with Crippen molar-refractivity contribution in [3.63, 3.8) is 0 Å². The van der Waals surface area contributed by atoms with Crippen molar-refractivity contribution >= 4 is 29.3 Å². The zero-order chi connectivity index (χ0) is 19.9. The Morgan fingerprint density at radius 3 is 2.79 bits per heavy atom. The normalized spacial score (nSPS) is 11.9. The maximum Gasteiger partial charge on any atom is 0.230 e. The van der Waals surface area contributed by atoms with Gasteiger partial charge in [-0.25, -0.2) is 0 Å². The maximum atomic E-state index is 12.5. The van der Waals surface area contributed by atoms with Crippen LogP contribution in [0.4, 0.5) is 0 Å². The highest BCUT2D eigenvalue weighted by Gasteiger charge is 2.18. The van der Waals surface area contributed by atoms with Crippen LogP contribution in [0.1, 0.15) is 24.9 Å². The highest BCUT2D eigenvalue weighted by molar-refractivity contribution is 7.99. The van der Waals surface area contributed by atoms with Gasteiger partial charge in [-0.15, -0.1) is 16.8 Å². The largest absolute Gasteiger partial charge is 0.461 e. The summed E-state index contributed by atoms with van der Waals surface area (Å²) in [6.07, 6.45) is 4.13. The molecule has 0 aliphatic carbocycles. The number of aromatic nitrogens is 3. The first-order valence-electron chi connectivity index (χ1n) is 8.88. The number of allylic oxidation sites excluding steroid dienone is 1. The second-order valence-corrected chi connectivity index (χ2v) is 7.43. The minimum Gasteiger partial charge on any atom is -0.461 e. The van der Waals surface area contributed by atoms with E-state index in [4.69, 9.17) is 16.0 Å². The van der Waals surface area contributed by atoms with Gasteiger partial charge < -0.3 is 9.73 Å².